The van der Waals surface area contributed by atoms with Crippen LogP contribution in [0, 0.1) is 23.7 Å². The van der Waals surface area contributed by atoms with Crippen LogP contribution in [-0.2, 0) is 0 Å². The highest BCUT2D eigenvalue weighted by Crippen LogP contribution is 2.44. The molecule has 100 valence electrons. The lowest BCUT2D eigenvalue weighted by Crippen LogP contribution is -2.35. The SMILES string of the molecule is CC(C)CC(CN)CCNC(C1CC1)C1CC1. The van der Waals surface area contributed by atoms with Crippen LogP contribution in [0.15, 0.2) is 0 Å². The minimum atomic E-state index is 0.724. The van der Waals surface area contributed by atoms with Gasteiger partial charge in [-0.15, -0.1) is 0 Å². The van der Waals surface area contributed by atoms with Crippen LogP contribution in [0.25, 0.3) is 0 Å². The van der Waals surface area contributed by atoms with Crippen molar-refractivity contribution in [2.24, 2.45) is 29.4 Å². The fourth-order valence-electron chi connectivity index (χ4n) is 3.08. The van der Waals surface area contributed by atoms with Crippen molar-refractivity contribution in [2.75, 3.05) is 13.1 Å². The molecule has 2 saturated carbocycles. The molecule has 1 atom stereocenters. The molecular formula is C15H30N2. The zero-order valence-electron chi connectivity index (χ0n) is 11.6. The van der Waals surface area contributed by atoms with Gasteiger partial charge in [-0.2, -0.15) is 0 Å². The lowest BCUT2D eigenvalue weighted by atomic mass is 9.94. The zero-order chi connectivity index (χ0) is 12.3. The summed E-state index contributed by atoms with van der Waals surface area (Å²) in [5.74, 6) is 3.54. The number of nitrogens with two attached hydrogens (primary N) is 1. The fraction of sp³-hybridized carbons (Fsp3) is 1.00. The molecule has 0 heterocycles. The van der Waals surface area contributed by atoms with Crippen molar-refractivity contribution < 1.29 is 0 Å². The third-order valence-corrected chi connectivity index (χ3v) is 4.33. The molecule has 0 aromatic heterocycles. The second-order valence-electron chi connectivity index (χ2n) is 6.67. The van der Waals surface area contributed by atoms with Gasteiger partial charge in [-0.05, 0) is 75.3 Å². The van der Waals surface area contributed by atoms with Crippen molar-refractivity contribution in [3.63, 3.8) is 0 Å². The summed E-state index contributed by atoms with van der Waals surface area (Å²) < 4.78 is 0. The maximum Gasteiger partial charge on any atom is 0.0124 e. The van der Waals surface area contributed by atoms with Gasteiger partial charge in [0.05, 0.1) is 0 Å². The van der Waals surface area contributed by atoms with Gasteiger partial charge >= 0.3 is 0 Å². The second kappa shape index (κ2) is 6.19. The molecule has 0 aromatic carbocycles. The van der Waals surface area contributed by atoms with Crippen molar-refractivity contribution in [1.29, 1.82) is 0 Å². The molecule has 3 N–H and O–H groups in total. The van der Waals surface area contributed by atoms with E-state index in [1.165, 1.54) is 45.1 Å². The summed E-state index contributed by atoms with van der Waals surface area (Å²) in [6, 6.07) is 0.854. The van der Waals surface area contributed by atoms with Gasteiger partial charge in [0, 0.05) is 6.04 Å². The van der Waals surface area contributed by atoms with Crippen LogP contribution in [0.2, 0.25) is 0 Å². The van der Waals surface area contributed by atoms with Crippen LogP contribution in [0.1, 0.15) is 52.4 Å². The number of rotatable bonds is 9. The Morgan fingerprint density at radius 1 is 1.12 bits per heavy atom. The molecule has 2 heteroatoms. The fourth-order valence-corrected chi connectivity index (χ4v) is 3.08. The van der Waals surface area contributed by atoms with E-state index in [-0.39, 0.29) is 0 Å². The van der Waals surface area contributed by atoms with Gasteiger partial charge in [0.15, 0.2) is 0 Å². The molecular weight excluding hydrogens is 208 g/mol. The first kappa shape index (κ1) is 13.4. The van der Waals surface area contributed by atoms with Crippen molar-refractivity contribution in [3.8, 4) is 0 Å². The Hall–Kier alpha value is -0.0800. The summed E-state index contributed by atoms with van der Waals surface area (Å²) in [6.45, 7) is 6.64. The van der Waals surface area contributed by atoms with E-state index in [1.807, 2.05) is 0 Å². The van der Waals surface area contributed by atoms with E-state index >= 15 is 0 Å². The Morgan fingerprint density at radius 2 is 1.71 bits per heavy atom. The summed E-state index contributed by atoms with van der Waals surface area (Å²) in [5.41, 5.74) is 5.85. The van der Waals surface area contributed by atoms with Crippen molar-refractivity contribution >= 4 is 0 Å². The van der Waals surface area contributed by atoms with Crippen LogP contribution in [0.3, 0.4) is 0 Å². The van der Waals surface area contributed by atoms with Crippen LogP contribution < -0.4 is 11.1 Å². The average molecular weight is 238 g/mol. The standard InChI is InChI=1S/C15H30N2/c1-11(2)9-12(10-16)7-8-17-15(13-3-4-13)14-5-6-14/h11-15,17H,3-10,16H2,1-2H3. The van der Waals surface area contributed by atoms with Crippen molar-refractivity contribution in [1.82, 2.24) is 5.32 Å². The van der Waals surface area contributed by atoms with Gasteiger partial charge < -0.3 is 11.1 Å². The molecule has 2 nitrogen and oxygen atoms in total. The van der Waals surface area contributed by atoms with Gasteiger partial charge in [-0.3, -0.25) is 0 Å². The summed E-state index contributed by atoms with van der Waals surface area (Å²) in [7, 11) is 0. The predicted octanol–water partition coefficient (Wildman–Crippen LogP) is 2.78. The highest BCUT2D eigenvalue weighted by molar-refractivity contribution is 4.96. The Morgan fingerprint density at radius 3 is 2.12 bits per heavy atom. The van der Waals surface area contributed by atoms with Gasteiger partial charge in [-0.1, -0.05) is 13.8 Å². The summed E-state index contributed by atoms with van der Waals surface area (Å²) in [6.07, 6.45) is 8.45. The van der Waals surface area contributed by atoms with Gasteiger partial charge in [0.25, 0.3) is 0 Å². The summed E-state index contributed by atoms with van der Waals surface area (Å²) in [4.78, 5) is 0. The van der Waals surface area contributed by atoms with Crippen LogP contribution in [0.4, 0.5) is 0 Å². The average Bonchev–Trinajstić information content (AvgIpc) is 3.15. The zero-order valence-corrected chi connectivity index (χ0v) is 11.6. The molecule has 2 aliphatic rings. The highest BCUT2D eigenvalue weighted by Gasteiger charge is 2.40. The quantitative estimate of drug-likeness (QED) is 0.648. The molecule has 2 aliphatic carbocycles. The minimum absolute atomic E-state index is 0.724. The molecule has 1 unspecified atom stereocenters. The second-order valence-corrected chi connectivity index (χ2v) is 6.67. The first-order valence-electron chi connectivity index (χ1n) is 7.64. The molecule has 17 heavy (non-hydrogen) atoms. The highest BCUT2D eigenvalue weighted by atomic mass is 14.9. The third kappa shape index (κ3) is 4.59. The normalized spacial score (nSPS) is 22.4. The first-order chi connectivity index (χ1) is 8.20. The molecule has 0 spiro atoms. The Kier molecular flexibility index (Phi) is 4.87. The van der Waals surface area contributed by atoms with Crippen molar-refractivity contribution in [3.05, 3.63) is 0 Å². The molecule has 2 fully saturated rings. The van der Waals surface area contributed by atoms with E-state index in [2.05, 4.69) is 19.2 Å². The van der Waals surface area contributed by atoms with E-state index in [1.54, 1.807) is 0 Å². The van der Waals surface area contributed by atoms with Crippen LogP contribution in [-0.4, -0.2) is 19.1 Å². The predicted molar refractivity (Wildman–Crippen MR) is 73.9 cm³/mol. The van der Waals surface area contributed by atoms with Crippen LogP contribution >= 0.6 is 0 Å². The number of nitrogens with one attached hydrogen (secondary N) is 1. The number of hydrogen-bond acceptors (Lipinski definition) is 2. The molecule has 2 rings (SSSR count). The monoisotopic (exact) mass is 238 g/mol. The van der Waals surface area contributed by atoms with E-state index in [9.17, 15) is 0 Å². The molecule has 0 radical (unpaired) electrons. The molecule has 0 bridgehead atoms. The van der Waals surface area contributed by atoms with Crippen LogP contribution in [0.5, 0.6) is 0 Å². The Labute approximate surface area is 107 Å². The smallest absolute Gasteiger partial charge is 0.0124 e. The molecule has 0 saturated heterocycles. The van der Waals surface area contributed by atoms with Crippen molar-refractivity contribution in [2.45, 2.75) is 58.4 Å². The number of hydrogen-bond donors (Lipinski definition) is 2. The van der Waals surface area contributed by atoms with Gasteiger partial charge in [0.2, 0.25) is 0 Å². The maximum absolute atomic E-state index is 5.85. The Balaban J connectivity index is 1.62. The largest absolute Gasteiger partial charge is 0.330 e. The summed E-state index contributed by atoms with van der Waals surface area (Å²) >= 11 is 0. The van der Waals surface area contributed by atoms with E-state index < -0.39 is 0 Å². The molecule has 0 aliphatic heterocycles. The minimum Gasteiger partial charge on any atom is -0.330 e. The molecule has 0 aromatic rings. The van der Waals surface area contributed by atoms with E-state index in [0.29, 0.717) is 0 Å². The van der Waals surface area contributed by atoms with E-state index in [0.717, 1.165) is 36.3 Å². The summed E-state index contributed by atoms with van der Waals surface area (Å²) in [5, 5.41) is 3.83. The Bertz CT molecular complexity index is 207. The lowest BCUT2D eigenvalue weighted by molar-refractivity contribution is 0.353. The molecule has 0 amide bonds. The maximum atomic E-state index is 5.85. The van der Waals surface area contributed by atoms with Gasteiger partial charge in [0.1, 0.15) is 0 Å². The van der Waals surface area contributed by atoms with Gasteiger partial charge in [-0.25, -0.2) is 0 Å². The third-order valence-electron chi connectivity index (χ3n) is 4.33. The topological polar surface area (TPSA) is 38.0 Å². The first-order valence-corrected chi connectivity index (χ1v) is 7.64. The van der Waals surface area contributed by atoms with E-state index in [4.69, 9.17) is 5.73 Å². The lowest BCUT2D eigenvalue weighted by Gasteiger charge is -2.21.